The number of hydrogen-bond acceptors (Lipinski definition) is 5. The predicted octanol–water partition coefficient (Wildman–Crippen LogP) is 2.37. The fourth-order valence-electron chi connectivity index (χ4n) is 2.76. The number of rotatable bonds is 10. The highest BCUT2D eigenvalue weighted by atomic mass is 16.5. The summed E-state index contributed by atoms with van der Waals surface area (Å²) in [4.78, 5) is 46.9. The molecule has 0 fully saturated rings. The fraction of sp³-hybridized carbons (Fsp3) is 0.273. The van der Waals surface area contributed by atoms with E-state index in [2.05, 4.69) is 16.0 Å². The van der Waals surface area contributed by atoms with Crippen molar-refractivity contribution in [2.45, 2.75) is 32.1 Å². The van der Waals surface area contributed by atoms with Crippen LogP contribution >= 0.6 is 0 Å². The lowest BCUT2D eigenvalue weighted by molar-refractivity contribution is -0.129. The second-order valence-electron chi connectivity index (χ2n) is 6.84. The molecule has 164 valence electrons. The van der Waals surface area contributed by atoms with Crippen LogP contribution in [0.1, 0.15) is 41.6 Å². The molecule has 0 aromatic heterocycles. The Hall–Kier alpha value is -3.72. The van der Waals surface area contributed by atoms with Crippen molar-refractivity contribution in [1.82, 2.24) is 16.1 Å². The molecule has 0 saturated heterocycles. The second-order valence-corrected chi connectivity index (χ2v) is 6.84. The molecule has 5 N–H and O–H groups in total. The monoisotopic (exact) mass is 426 g/mol. The van der Waals surface area contributed by atoms with Crippen LogP contribution in [-0.4, -0.2) is 35.5 Å². The van der Waals surface area contributed by atoms with Crippen LogP contribution in [0.5, 0.6) is 0 Å². The van der Waals surface area contributed by atoms with Gasteiger partial charge >= 0.3 is 6.03 Å². The molecular weight excluding hydrogens is 400 g/mol. The number of nitrogens with one attached hydrogen (secondary N) is 4. The summed E-state index contributed by atoms with van der Waals surface area (Å²) in [6, 6.07) is 15.0. The Labute approximate surface area is 180 Å². The van der Waals surface area contributed by atoms with Gasteiger partial charge in [-0.15, -0.1) is 0 Å². The highest BCUT2D eigenvalue weighted by molar-refractivity contribution is 6.04. The van der Waals surface area contributed by atoms with E-state index < -0.39 is 17.8 Å². The molecule has 0 radical (unpaired) electrons. The first-order chi connectivity index (χ1) is 15.0. The largest absolute Gasteiger partial charge is 0.338 e. The minimum Gasteiger partial charge on any atom is -0.338 e. The zero-order chi connectivity index (χ0) is 22.5. The van der Waals surface area contributed by atoms with E-state index >= 15 is 0 Å². The molecule has 2 aromatic carbocycles. The van der Waals surface area contributed by atoms with Crippen LogP contribution < -0.4 is 21.4 Å². The van der Waals surface area contributed by atoms with Gasteiger partial charge in [0.2, 0.25) is 11.8 Å². The minimum atomic E-state index is -0.613. The van der Waals surface area contributed by atoms with Gasteiger partial charge in [0.15, 0.2) is 0 Å². The van der Waals surface area contributed by atoms with Crippen LogP contribution in [-0.2, 0) is 16.0 Å². The number of anilines is 1. The van der Waals surface area contributed by atoms with Crippen molar-refractivity contribution in [1.29, 1.82) is 0 Å². The summed E-state index contributed by atoms with van der Waals surface area (Å²) in [6.07, 6.45) is 2.38. The number of carbonyl (C=O) groups is 4. The standard InChI is InChI=1S/C22H26N4O5/c27-19(26-31)9-5-2-6-14-23-22(30)25-21(29)17-10-12-18(13-11-17)24-20(28)15-16-7-3-1-4-8-16/h1,3-4,7-8,10-13,31H,2,5-6,9,14-15H2,(H,24,28)(H,26,27)(H2,23,25,29,30). The maximum Gasteiger partial charge on any atom is 0.321 e. The molecule has 2 aromatic rings. The number of urea groups is 1. The molecule has 31 heavy (non-hydrogen) atoms. The molecule has 9 heteroatoms. The predicted molar refractivity (Wildman–Crippen MR) is 114 cm³/mol. The van der Waals surface area contributed by atoms with Crippen molar-refractivity contribution in [2.75, 3.05) is 11.9 Å². The first-order valence-electron chi connectivity index (χ1n) is 9.94. The lowest BCUT2D eigenvalue weighted by Crippen LogP contribution is -2.39. The van der Waals surface area contributed by atoms with Gasteiger partial charge in [-0.05, 0) is 42.7 Å². The first-order valence-corrected chi connectivity index (χ1v) is 9.94. The lowest BCUT2D eigenvalue weighted by Gasteiger charge is -2.08. The summed E-state index contributed by atoms with van der Waals surface area (Å²) in [5.41, 5.74) is 3.29. The summed E-state index contributed by atoms with van der Waals surface area (Å²) in [5.74, 6) is -1.17. The van der Waals surface area contributed by atoms with Crippen molar-refractivity contribution in [3.8, 4) is 0 Å². The average molecular weight is 426 g/mol. The molecule has 0 saturated carbocycles. The smallest absolute Gasteiger partial charge is 0.321 e. The first kappa shape index (κ1) is 23.6. The van der Waals surface area contributed by atoms with E-state index in [0.29, 0.717) is 31.5 Å². The molecule has 0 spiro atoms. The normalized spacial score (nSPS) is 10.1. The van der Waals surface area contributed by atoms with E-state index in [1.807, 2.05) is 30.3 Å². The van der Waals surface area contributed by atoms with Crippen molar-refractivity contribution >= 4 is 29.4 Å². The molecule has 5 amide bonds. The van der Waals surface area contributed by atoms with E-state index in [1.54, 1.807) is 17.6 Å². The molecule has 0 aliphatic carbocycles. The van der Waals surface area contributed by atoms with Gasteiger partial charge in [0.25, 0.3) is 5.91 Å². The summed E-state index contributed by atoms with van der Waals surface area (Å²) in [7, 11) is 0. The Morgan fingerprint density at radius 3 is 2.19 bits per heavy atom. The Bertz CT molecular complexity index is 885. The highest BCUT2D eigenvalue weighted by Gasteiger charge is 2.10. The molecule has 0 aliphatic rings. The van der Waals surface area contributed by atoms with Crippen LogP contribution in [0, 0.1) is 0 Å². The van der Waals surface area contributed by atoms with Crippen molar-refractivity contribution in [3.63, 3.8) is 0 Å². The van der Waals surface area contributed by atoms with Gasteiger partial charge in [-0.2, -0.15) is 0 Å². The van der Waals surface area contributed by atoms with Crippen LogP contribution in [0.3, 0.4) is 0 Å². The molecule has 0 unspecified atom stereocenters. The summed E-state index contributed by atoms with van der Waals surface area (Å²) in [6.45, 7) is 0.353. The van der Waals surface area contributed by atoms with Crippen molar-refractivity contribution in [2.24, 2.45) is 0 Å². The van der Waals surface area contributed by atoms with Crippen LogP contribution in [0.15, 0.2) is 54.6 Å². The zero-order valence-corrected chi connectivity index (χ0v) is 17.0. The molecule has 0 bridgehead atoms. The van der Waals surface area contributed by atoms with Gasteiger partial charge in [-0.3, -0.25) is 24.9 Å². The van der Waals surface area contributed by atoms with Gasteiger partial charge in [-0.25, -0.2) is 10.3 Å². The van der Waals surface area contributed by atoms with E-state index in [1.165, 1.54) is 12.1 Å². The van der Waals surface area contributed by atoms with Gasteiger partial charge in [0.05, 0.1) is 6.42 Å². The zero-order valence-electron chi connectivity index (χ0n) is 17.0. The third kappa shape index (κ3) is 9.09. The maximum atomic E-state index is 12.1. The van der Waals surface area contributed by atoms with Gasteiger partial charge in [-0.1, -0.05) is 36.8 Å². The summed E-state index contributed by atoms with van der Waals surface area (Å²) >= 11 is 0. The Morgan fingerprint density at radius 1 is 0.806 bits per heavy atom. The van der Waals surface area contributed by atoms with Crippen LogP contribution in [0.25, 0.3) is 0 Å². The number of carbonyl (C=O) groups excluding carboxylic acids is 4. The fourth-order valence-corrected chi connectivity index (χ4v) is 2.76. The van der Waals surface area contributed by atoms with E-state index in [4.69, 9.17) is 5.21 Å². The maximum absolute atomic E-state index is 12.1. The summed E-state index contributed by atoms with van der Waals surface area (Å²) in [5, 5.41) is 15.9. The average Bonchev–Trinajstić information content (AvgIpc) is 2.77. The number of benzene rings is 2. The molecule has 9 nitrogen and oxygen atoms in total. The number of hydroxylamine groups is 1. The topological polar surface area (TPSA) is 137 Å². The van der Waals surface area contributed by atoms with E-state index in [-0.39, 0.29) is 24.3 Å². The number of unbranched alkanes of at least 4 members (excludes halogenated alkanes) is 2. The Morgan fingerprint density at radius 2 is 1.52 bits per heavy atom. The van der Waals surface area contributed by atoms with Crippen molar-refractivity contribution < 1.29 is 24.4 Å². The molecule has 0 atom stereocenters. The molecule has 2 rings (SSSR count). The Balaban J connectivity index is 1.69. The number of imide groups is 1. The Kier molecular flexibility index (Phi) is 9.70. The second kappa shape index (κ2) is 12.8. The molecule has 0 aliphatic heterocycles. The van der Waals surface area contributed by atoms with Gasteiger partial charge < -0.3 is 10.6 Å². The third-order valence-corrected chi connectivity index (χ3v) is 4.36. The number of hydrogen-bond donors (Lipinski definition) is 5. The molecular formula is C22H26N4O5. The van der Waals surface area contributed by atoms with E-state index in [9.17, 15) is 19.2 Å². The minimum absolute atomic E-state index is 0.167. The quantitative estimate of drug-likeness (QED) is 0.226. The van der Waals surface area contributed by atoms with Gasteiger partial charge in [0.1, 0.15) is 0 Å². The lowest BCUT2D eigenvalue weighted by atomic mass is 10.1. The number of amides is 5. The van der Waals surface area contributed by atoms with Crippen LogP contribution in [0.2, 0.25) is 0 Å². The molecule has 0 heterocycles. The van der Waals surface area contributed by atoms with Gasteiger partial charge in [0, 0.05) is 24.2 Å². The summed E-state index contributed by atoms with van der Waals surface area (Å²) < 4.78 is 0. The van der Waals surface area contributed by atoms with E-state index in [0.717, 1.165) is 5.56 Å². The van der Waals surface area contributed by atoms with Crippen molar-refractivity contribution in [3.05, 3.63) is 65.7 Å². The SMILES string of the molecule is O=C(CCCCCNC(=O)NC(=O)c1ccc(NC(=O)Cc2ccccc2)cc1)NO. The highest BCUT2D eigenvalue weighted by Crippen LogP contribution is 2.11. The third-order valence-electron chi connectivity index (χ3n) is 4.36. The van der Waals surface area contributed by atoms with Crippen LogP contribution in [0.4, 0.5) is 10.5 Å².